The molecule has 1 saturated heterocycles. The molecular weight excluding hydrogens is 614 g/mol. The van der Waals surface area contributed by atoms with E-state index in [1.165, 1.54) is 7.11 Å². The summed E-state index contributed by atoms with van der Waals surface area (Å²) in [5.74, 6) is -4.81. The van der Waals surface area contributed by atoms with Gasteiger partial charge in [-0.2, -0.15) is 0 Å². The molecule has 0 aromatic rings. The standard InChI is InChI=1S/C25H37N3O11.C4H4O3/c1-37-25(36)18(4-2-3-10-26-20(30)5-8-24(34)35)16-19(29)17-39-15-14-38-13-11-27-21(31)9-12-28-22(32)6-7-23(28)33;5-3-1-2-4(6)7-3/h6-7,18H,2-5,8-17H2,1H3,(H,26,30)(H,27,31)(H,34,35);1-2H2. The van der Waals surface area contributed by atoms with Gasteiger partial charge in [-0.3, -0.25) is 48.1 Å². The van der Waals surface area contributed by atoms with Gasteiger partial charge in [-0.15, -0.1) is 0 Å². The summed E-state index contributed by atoms with van der Waals surface area (Å²) in [4.78, 5) is 102. The number of Topliss-reactive ketones (excluding diaryl/α,β-unsaturated/α-hetero) is 1. The molecule has 0 aromatic carbocycles. The van der Waals surface area contributed by atoms with Crippen LogP contribution in [0.2, 0.25) is 0 Å². The number of nitrogens with one attached hydrogen (secondary N) is 2. The molecule has 2 aliphatic rings. The fraction of sp³-hybridized carbons (Fsp3) is 0.621. The Bertz CT molecular complexity index is 1100. The Kier molecular flexibility index (Phi) is 19.7. The smallest absolute Gasteiger partial charge is 0.314 e. The van der Waals surface area contributed by atoms with Crippen LogP contribution in [-0.4, -0.2) is 116 Å². The van der Waals surface area contributed by atoms with Gasteiger partial charge >= 0.3 is 23.9 Å². The largest absolute Gasteiger partial charge is 0.481 e. The van der Waals surface area contributed by atoms with Gasteiger partial charge in [-0.1, -0.05) is 6.42 Å². The number of aliphatic carboxylic acids is 1. The Morgan fingerprint density at radius 1 is 0.848 bits per heavy atom. The number of ketones is 1. The minimum Gasteiger partial charge on any atom is -0.481 e. The van der Waals surface area contributed by atoms with E-state index >= 15 is 0 Å². The molecule has 3 N–H and O–H groups in total. The topological polar surface area (TPSA) is 238 Å². The third kappa shape index (κ3) is 18.3. The lowest BCUT2D eigenvalue weighted by Crippen LogP contribution is -2.35. The summed E-state index contributed by atoms with van der Waals surface area (Å²) in [5, 5.41) is 13.8. The van der Waals surface area contributed by atoms with E-state index in [1.54, 1.807) is 0 Å². The van der Waals surface area contributed by atoms with Crippen molar-refractivity contribution in [3.8, 4) is 0 Å². The molecule has 17 heteroatoms. The second-order valence-corrected chi connectivity index (χ2v) is 9.97. The lowest BCUT2D eigenvalue weighted by Gasteiger charge is -2.14. The fourth-order valence-electron chi connectivity index (χ4n) is 3.91. The zero-order valence-corrected chi connectivity index (χ0v) is 25.7. The maximum Gasteiger partial charge on any atom is 0.314 e. The molecule has 256 valence electrons. The predicted octanol–water partition coefficient (Wildman–Crippen LogP) is -0.799. The van der Waals surface area contributed by atoms with E-state index in [4.69, 9.17) is 19.3 Å². The first kappa shape index (κ1) is 39.5. The minimum absolute atomic E-state index is 0.00442. The van der Waals surface area contributed by atoms with Crippen molar-refractivity contribution in [2.45, 2.75) is 57.8 Å². The summed E-state index contributed by atoms with van der Waals surface area (Å²) < 4.78 is 19.5. The highest BCUT2D eigenvalue weighted by atomic mass is 16.6. The van der Waals surface area contributed by atoms with Crippen molar-refractivity contribution in [2.24, 2.45) is 5.92 Å². The van der Waals surface area contributed by atoms with E-state index < -0.39 is 41.6 Å². The van der Waals surface area contributed by atoms with E-state index in [-0.39, 0.29) is 95.6 Å². The average molecular weight is 656 g/mol. The van der Waals surface area contributed by atoms with Crippen molar-refractivity contribution in [2.75, 3.05) is 53.2 Å². The van der Waals surface area contributed by atoms with Crippen LogP contribution < -0.4 is 10.6 Å². The number of cyclic esters (lactones) is 2. The first-order valence-electron chi connectivity index (χ1n) is 14.7. The molecule has 1 atom stereocenters. The van der Waals surface area contributed by atoms with Crippen LogP contribution in [0.15, 0.2) is 12.2 Å². The monoisotopic (exact) mass is 655 g/mol. The lowest BCUT2D eigenvalue weighted by molar-refractivity contribution is -0.152. The second-order valence-electron chi connectivity index (χ2n) is 9.97. The maximum atomic E-state index is 12.2. The highest BCUT2D eigenvalue weighted by molar-refractivity contribution is 6.13. The van der Waals surface area contributed by atoms with Gasteiger partial charge in [-0.25, -0.2) is 0 Å². The third-order valence-corrected chi connectivity index (χ3v) is 6.30. The Morgan fingerprint density at radius 3 is 2.04 bits per heavy atom. The number of carbonyl (C=O) groups excluding carboxylic acids is 8. The number of ether oxygens (including phenoxy) is 4. The Morgan fingerprint density at radius 2 is 1.46 bits per heavy atom. The molecule has 17 nitrogen and oxygen atoms in total. The average Bonchev–Trinajstić information content (AvgIpc) is 3.56. The Hall–Kier alpha value is -4.51. The zero-order valence-electron chi connectivity index (χ0n) is 25.7. The molecule has 1 unspecified atom stereocenters. The number of nitrogens with zero attached hydrogens (tertiary/aromatic N) is 1. The van der Waals surface area contributed by atoms with Gasteiger partial charge in [0.05, 0.1) is 52.1 Å². The van der Waals surface area contributed by atoms with Crippen LogP contribution in [0.1, 0.15) is 57.8 Å². The Labute approximate surface area is 265 Å². The quantitative estimate of drug-likeness (QED) is 0.0560. The number of methoxy groups -OCH3 is 1. The highest BCUT2D eigenvalue weighted by Gasteiger charge is 2.24. The van der Waals surface area contributed by atoms with E-state index in [1.807, 2.05) is 0 Å². The van der Waals surface area contributed by atoms with Crippen molar-refractivity contribution in [1.29, 1.82) is 0 Å². The van der Waals surface area contributed by atoms with Crippen LogP contribution >= 0.6 is 0 Å². The molecule has 0 aromatic heterocycles. The first-order valence-corrected chi connectivity index (χ1v) is 14.7. The molecule has 0 radical (unpaired) electrons. The summed E-state index contributed by atoms with van der Waals surface area (Å²) in [6.45, 7) is 0.897. The van der Waals surface area contributed by atoms with Crippen LogP contribution in [0.4, 0.5) is 0 Å². The summed E-state index contributed by atoms with van der Waals surface area (Å²) >= 11 is 0. The van der Waals surface area contributed by atoms with Crippen LogP contribution in [0.5, 0.6) is 0 Å². The van der Waals surface area contributed by atoms with Crippen molar-refractivity contribution in [3.63, 3.8) is 0 Å². The third-order valence-electron chi connectivity index (χ3n) is 6.30. The SMILES string of the molecule is COC(=O)C(CCCCNC(=O)CCC(=O)O)CC(=O)COCCOCCNC(=O)CCN1C(=O)C=CC1=O.O=C1CCC(=O)O1. The molecule has 1 fully saturated rings. The minimum atomic E-state index is -1.04. The van der Waals surface area contributed by atoms with Crippen molar-refractivity contribution in [3.05, 3.63) is 12.2 Å². The first-order chi connectivity index (χ1) is 21.9. The van der Waals surface area contributed by atoms with Gasteiger partial charge in [0.25, 0.3) is 11.8 Å². The number of amides is 4. The number of hydrogen-bond acceptors (Lipinski definition) is 13. The summed E-state index contributed by atoms with van der Waals surface area (Å²) in [6, 6.07) is 0. The van der Waals surface area contributed by atoms with E-state index in [9.17, 15) is 43.2 Å². The van der Waals surface area contributed by atoms with Crippen LogP contribution in [0.3, 0.4) is 0 Å². The van der Waals surface area contributed by atoms with E-state index in [2.05, 4.69) is 15.4 Å². The van der Waals surface area contributed by atoms with Crippen LogP contribution in [0, 0.1) is 5.92 Å². The zero-order chi connectivity index (χ0) is 34.3. The number of carboxylic acid groups (broad SMARTS) is 1. The molecule has 0 aliphatic carbocycles. The number of esters is 3. The van der Waals surface area contributed by atoms with E-state index in [0.717, 1.165) is 17.1 Å². The van der Waals surface area contributed by atoms with E-state index in [0.29, 0.717) is 25.8 Å². The molecule has 0 spiro atoms. The molecule has 0 bridgehead atoms. The van der Waals surface area contributed by atoms with Crippen molar-refractivity contribution < 1.29 is 67.2 Å². The predicted molar refractivity (Wildman–Crippen MR) is 154 cm³/mol. The highest BCUT2D eigenvalue weighted by Crippen LogP contribution is 2.15. The molecule has 0 saturated carbocycles. The number of carboxylic acids is 1. The van der Waals surface area contributed by atoms with Crippen LogP contribution in [-0.2, 0) is 62.1 Å². The van der Waals surface area contributed by atoms with Gasteiger partial charge in [0.1, 0.15) is 6.61 Å². The van der Waals surface area contributed by atoms with Crippen LogP contribution in [0.25, 0.3) is 0 Å². The van der Waals surface area contributed by atoms with Crippen molar-refractivity contribution in [1.82, 2.24) is 15.5 Å². The molecule has 46 heavy (non-hydrogen) atoms. The van der Waals surface area contributed by atoms with Gasteiger partial charge in [0.2, 0.25) is 11.8 Å². The molecule has 2 aliphatic heterocycles. The van der Waals surface area contributed by atoms with Gasteiger partial charge in [0.15, 0.2) is 5.78 Å². The van der Waals surface area contributed by atoms with Gasteiger partial charge in [0, 0.05) is 51.0 Å². The molecule has 2 rings (SSSR count). The summed E-state index contributed by atoms with van der Waals surface area (Å²) in [6.07, 6.45) is 3.95. The van der Waals surface area contributed by atoms with Gasteiger partial charge in [-0.05, 0) is 12.8 Å². The number of imide groups is 1. The number of hydrogen-bond donors (Lipinski definition) is 3. The maximum absolute atomic E-state index is 12.2. The summed E-state index contributed by atoms with van der Waals surface area (Å²) in [7, 11) is 1.24. The molecule has 4 amide bonds. The van der Waals surface area contributed by atoms with Crippen molar-refractivity contribution >= 4 is 53.3 Å². The molecule has 2 heterocycles. The molecular formula is C29H41N3O14. The number of rotatable bonds is 22. The second kappa shape index (κ2) is 22.9. The normalized spacial score (nSPS) is 14.3. The number of carbonyl (C=O) groups is 9. The fourth-order valence-corrected chi connectivity index (χ4v) is 3.91. The lowest BCUT2D eigenvalue weighted by atomic mass is 9.96. The summed E-state index contributed by atoms with van der Waals surface area (Å²) in [5.41, 5.74) is 0. The van der Waals surface area contributed by atoms with Gasteiger partial charge < -0.3 is 34.7 Å². The Balaban J connectivity index is 0.00000132. The number of unbranched alkanes of at least 4 members (excludes halogenated alkanes) is 1.